The second-order valence-corrected chi connectivity index (χ2v) is 4.88. The average molecular weight is 290 g/mol. The van der Waals surface area contributed by atoms with Crippen LogP contribution in [0, 0.1) is 0 Å². The molecule has 5 heteroatoms. The monoisotopic (exact) mass is 290 g/mol. The summed E-state index contributed by atoms with van der Waals surface area (Å²) in [6.45, 7) is -0.772. The van der Waals surface area contributed by atoms with Gasteiger partial charge in [0.25, 0.3) is 0 Å². The molecule has 2 rings (SSSR count). The summed E-state index contributed by atoms with van der Waals surface area (Å²) in [6, 6.07) is 8.05. The van der Waals surface area contributed by atoms with E-state index in [2.05, 4.69) is 0 Å². The van der Waals surface area contributed by atoms with E-state index in [-0.39, 0.29) is 31.3 Å². The molecule has 0 saturated heterocycles. The summed E-state index contributed by atoms with van der Waals surface area (Å²) in [5.41, 5.74) is 2.74. The molecule has 0 aliphatic rings. The van der Waals surface area contributed by atoms with Gasteiger partial charge in [0.05, 0.1) is 19.8 Å². The minimum atomic E-state index is -0.315. The Labute approximate surface area is 122 Å². The van der Waals surface area contributed by atoms with E-state index in [9.17, 15) is 20.4 Å². The van der Waals surface area contributed by atoms with Crippen LogP contribution in [0.3, 0.4) is 0 Å². The van der Waals surface area contributed by atoms with Crippen LogP contribution in [0.1, 0.15) is 27.8 Å². The summed E-state index contributed by atoms with van der Waals surface area (Å²) in [4.78, 5) is 0. The van der Waals surface area contributed by atoms with Crippen molar-refractivity contribution in [1.82, 2.24) is 0 Å². The molecular weight excluding hydrogens is 272 g/mol. The first-order valence-corrected chi connectivity index (χ1v) is 6.56. The number of hydrogen-bond donors (Lipinski definition) is 5. The minimum Gasteiger partial charge on any atom is -0.508 e. The summed E-state index contributed by atoms with van der Waals surface area (Å²) in [6.07, 6.45) is 0.361. The molecule has 21 heavy (non-hydrogen) atoms. The molecule has 2 aromatic carbocycles. The number of phenols is 2. The van der Waals surface area contributed by atoms with E-state index in [1.807, 2.05) is 0 Å². The lowest BCUT2D eigenvalue weighted by atomic mass is 9.97. The van der Waals surface area contributed by atoms with Gasteiger partial charge in [-0.1, -0.05) is 6.07 Å². The predicted octanol–water partition coefficient (Wildman–Crippen LogP) is 1.17. The zero-order valence-electron chi connectivity index (χ0n) is 11.5. The number of aromatic hydroxyl groups is 2. The fourth-order valence-corrected chi connectivity index (χ4v) is 2.27. The summed E-state index contributed by atoms with van der Waals surface area (Å²) in [7, 11) is 0. The third-order valence-corrected chi connectivity index (χ3v) is 3.39. The molecule has 0 saturated carbocycles. The van der Waals surface area contributed by atoms with E-state index >= 15 is 0 Å². The molecule has 112 valence electrons. The van der Waals surface area contributed by atoms with E-state index in [4.69, 9.17) is 5.11 Å². The summed E-state index contributed by atoms with van der Waals surface area (Å²) < 4.78 is 0. The molecule has 0 fully saturated rings. The molecular formula is C16H18O5. The SMILES string of the molecule is OCc1cc(CO)c(O)c(Cc2ccc(O)c(CO)c2)c1. The van der Waals surface area contributed by atoms with Gasteiger partial charge >= 0.3 is 0 Å². The van der Waals surface area contributed by atoms with Gasteiger partial charge in [-0.05, 0) is 41.0 Å². The van der Waals surface area contributed by atoms with Crippen molar-refractivity contribution in [3.63, 3.8) is 0 Å². The molecule has 0 spiro atoms. The van der Waals surface area contributed by atoms with Crippen LogP contribution in [0.25, 0.3) is 0 Å². The van der Waals surface area contributed by atoms with Crippen molar-refractivity contribution in [2.24, 2.45) is 0 Å². The van der Waals surface area contributed by atoms with Crippen molar-refractivity contribution >= 4 is 0 Å². The van der Waals surface area contributed by atoms with Crippen molar-refractivity contribution in [3.05, 3.63) is 58.1 Å². The standard InChI is InChI=1S/C16H18O5/c17-7-11-5-12(16(21)14(6-11)9-19)3-10-1-2-15(20)13(4-10)8-18/h1-2,4-6,17-21H,3,7-9H2. The van der Waals surface area contributed by atoms with Crippen LogP contribution >= 0.6 is 0 Å². The van der Waals surface area contributed by atoms with Crippen molar-refractivity contribution < 1.29 is 25.5 Å². The first-order chi connectivity index (χ1) is 10.1. The van der Waals surface area contributed by atoms with Crippen molar-refractivity contribution in [2.45, 2.75) is 26.2 Å². The molecule has 0 aromatic heterocycles. The fraction of sp³-hybridized carbons (Fsp3) is 0.250. The number of hydrogen-bond acceptors (Lipinski definition) is 5. The lowest BCUT2D eigenvalue weighted by Crippen LogP contribution is -1.98. The van der Waals surface area contributed by atoms with Gasteiger partial charge in [-0.25, -0.2) is 0 Å². The largest absolute Gasteiger partial charge is 0.508 e. The maximum Gasteiger partial charge on any atom is 0.124 e. The third-order valence-electron chi connectivity index (χ3n) is 3.39. The Kier molecular flexibility index (Phi) is 4.80. The summed E-state index contributed by atoms with van der Waals surface area (Å²) in [5.74, 6) is 0.0129. The number of rotatable bonds is 5. The molecule has 0 aliphatic carbocycles. The molecule has 0 bridgehead atoms. The first-order valence-electron chi connectivity index (χ1n) is 6.56. The average Bonchev–Trinajstić information content (AvgIpc) is 2.51. The zero-order valence-corrected chi connectivity index (χ0v) is 11.5. The van der Waals surface area contributed by atoms with E-state index in [0.717, 1.165) is 5.56 Å². The summed E-state index contributed by atoms with van der Waals surface area (Å²) in [5, 5.41) is 47.3. The first kappa shape index (κ1) is 15.3. The Morgan fingerprint density at radius 2 is 1.29 bits per heavy atom. The minimum absolute atomic E-state index is 0.00618. The van der Waals surface area contributed by atoms with Crippen LogP contribution in [0.4, 0.5) is 0 Å². The van der Waals surface area contributed by atoms with Crippen LogP contribution < -0.4 is 0 Å². The molecule has 2 aromatic rings. The molecule has 0 unspecified atom stereocenters. The number of aliphatic hydroxyl groups is 3. The maximum atomic E-state index is 10.1. The molecule has 5 N–H and O–H groups in total. The van der Waals surface area contributed by atoms with Crippen molar-refractivity contribution in [2.75, 3.05) is 0 Å². The second-order valence-electron chi connectivity index (χ2n) is 4.88. The normalized spacial score (nSPS) is 10.8. The van der Waals surface area contributed by atoms with E-state index in [1.54, 1.807) is 24.3 Å². The van der Waals surface area contributed by atoms with Crippen molar-refractivity contribution in [1.29, 1.82) is 0 Å². The highest BCUT2D eigenvalue weighted by Gasteiger charge is 2.11. The highest BCUT2D eigenvalue weighted by Crippen LogP contribution is 2.28. The molecule has 0 aliphatic heterocycles. The Balaban J connectivity index is 2.38. The van der Waals surface area contributed by atoms with Crippen LogP contribution in [-0.4, -0.2) is 25.5 Å². The van der Waals surface area contributed by atoms with E-state index in [1.165, 1.54) is 6.07 Å². The third kappa shape index (κ3) is 3.33. The Morgan fingerprint density at radius 1 is 0.667 bits per heavy atom. The van der Waals surface area contributed by atoms with Gasteiger partial charge in [-0.2, -0.15) is 0 Å². The lowest BCUT2D eigenvalue weighted by Gasteiger charge is -2.12. The fourth-order valence-electron chi connectivity index (χ4n) is 2.27. The quantitative estimate of drug-likeness (QED) is 0.569. The Morgan fingerprint density at radius 3 is 1.90 bits per heavy atom. The van der Waals surface area contributed by atoms with Crippen LogP contribution in [0.15, 0.2) is 30.3 Å². The van der Waals surface area contributed by atoms with Gasteiger partial charge in [-0.3, -0.25) is 0 Å². The molecule has 0 amide bonds. The van der Waals surface area contributed by atoms with Crippen LogP contribution in [0.2, 0.25) is 0 Å². The highest BCUT2D eigenvalue weighted by molar-refractivity contribution is 5.46. The van der Waals surface area contributed by atoms with Crippen LogP contribution in [-0.2, 0) is 26.2 Å². The maximum absolute atomic E-state index is 10.1. The highest BCUT2D eigenvalue weighted by atomic mass is 16.3. The lowest BCUT2D eigenvalue weighted by molar-refractivity contribution is 0.270. The predicted molar refractivity (Wildman–Crippen MR) is 76.8 cm³/mol. The molecule has 0 atom stereocenters. The Hall–Kier alpha value is -2.08. The van der Waals surface area contributed by atoms with Gasteiger partial charge in [-0.15, -0.1) is 0 Å². The van der Waals surface area contributed by atoms with Gasteiger partial charge in [0.15, 0.2) is 0 Å². The Bertz CT molecular complexity index is 637. The van der Waals surface area contributed by atoms with E-state index < -0.39 is 0 Å². The topological polar surface area (TPSA) is 101 Å². The van der Waals surface area contributed by atoms with E-state index in [0.29, 0.717) is 28.7 Å². The van der Waals surface area contributed by atoms with Gasteiger partial charge in [0.2, 0.25) is 0 Å². The number of aliphatic hydroxyl groups excluding tert-OH is 3. The molecule has 5 nitrogen and oxygen atoms in total. The summed E-state index contributed by atoms with van der Waals surface area (Å²) >= 11 is 0. The smallest absolute Gasteiger partial charge is 0.124 e. The molecule has 0 radical (unpaired) electrons. The number of benzene rings is 2. The van der Waals surface area contributed by atoms with Gasteiger partial charge in [0, 0.05) is 17.5 Å². The van der Waals surface area contributed by atoms with Crippen LogP contribution in [0.5, 0.6) is 11.5 Å². The van der Waals surface area contributed by atoms with Gasteiger partial charge < -0.3 is 25.5 Å². The zero-order chi connectivity index (χ0) is 15.4. The van der Waals surface area contributed by atoms with Crippen molar-refractivity contribution in [3.8, 4) is 11.5 Å². The second kappa shape index (κ2) is 6.58. The van der Waals surface area contributed by atoms with Gasteiger partial charge in [0.1, 0.15) is 11.5 Å². The molecule has 0 heterocycles.